The number of ether oxygens (including phenoxy) is 1. The van der Waals surface area contributed by atoms with Crippen LogP contribution in [0.25, 0.3) is 0 Å². The van der Waals surface area contributed by atoms with Crippen LogP contribution in [0.4, 0.5) is 4.39 Å². The number of hydrogen-bond acceptors (Lipinski definition) is 3. The summed E-state index contributed by atoms with van der Waals surface area (Å²) in [7, 11) is 0. The van der Waals surface area contributed by atoms with Gasteiger partial charge in [0.25, 0.3) is 0 Å². The van der Waals surface area contributed by atoms with Crippen molar-refractivity contribution in [3.05, 3.63) is 29.8 Å². The zero-order chi connectivity index (χ0) is 9.80. The van der Waals surface area contributed by atoms with Gasteiger partial charge in [-0.3, -0.25) is 0 Å². The summed E-state index contributed by atoms with van der Waals surface area (Å²) >= 11 is 0. The maximum atomic E-state index is 13.1. The fourth-order valence-electron chi connectivity index (χ4n) is 1.50. The molecule has 0 saturated carbocycles. The molecule has 1 fully saturated rings. The van der Waals surface area contributed by atoms with Gasteiger partial charge in [-0.1, -0.05) is 6.07 Å². The van der Waals surface area contributed by atoms with Crippen LogP contribution in [-0.2, 0) is 11.3 Å². The maximum Gasteiger partial charge on any atom is 0.217 e. The molecule has 1 N–H and O–H groups in total. The summed E-state index contributed by atoms with van der Waals surface area (Å²) in [6.07, 6.45) is 2.46. The summed E-state index contributed by atoms with van der Waals surface area (Å²) < 4.78 is 18.3. The third-order valence-electron chi connectivity index (χ3n) is 2.35. The molecule has 0 aromatic carbocycles. The Kier molecular flexibility index (Phi) is 3.06. The van der Waals surface area contributed by atoms with Gasteiger partial charge in [-0.05, 0) is 12.5 Å². The molecule has 1 aromatic heterocycles. The average Bonchev–Trinajstić information content (AvgIpc) is 2.69. The van der Waals surface area contributed by atoms with Gasteiger partial charge in [0.05, 0.1) is 6.61 Å². The Bertz CT molecular complexity index is 300. The second kappa shape index (κ2) is 4.48. The zero-order valence-corrected chi connectivity index (χ0v) is 7.87. The number of halogens is 1. The second-order valence-electron chi connectivity index (χ2n) is 3.39. The van der Waals surface area contributed by atoms with E-state index in [-0.39, 0.29) is 5.95 Å². The van der Waals surface area contributed by atoms with Gasteiger partial charge in [-0.15, -0.1) is 0 Å². The van der Waals surface area contributed by atoms with Crippen LogP contribution in [0.1, 0.15) is 12.0 Å². The molecule has 1 aliphatic rings. The van der Waals surface area contributed by atoms with E-state index >= 15 is 0 Å². The maximum absolute atomic E-state index is 13.1. The summed E-state index contributed by atoms with van der Waals surface area (Å²) in [4.78, 5) is 3.59. The minimum Gasteiger partial charge on any atom is -0.380 e. The van der Waals surface area contributed by atoms with Crippen LogP contribution < -0.4 is 5.32 Å². The quantitative estimate of drug-likeness (QED) is 0.735. The van der Waals surface area contributed by atoms with Gasteiger partial charge < -0.3 is 10.1 Å². The SMILES string of the molecule is Fc1ncccc1CNC1CCOC1. The van der Waals surface area contributed by atoms with E-state index in [4.69, 9.17) is 4.74 Å². The van der Waals surface area contributed by atoms with Crippen LogP contribution >= 0.6 is 0 Å². The summed E-state index contributed by atoms with van der Waals surface area (Å²) in [6, 6.07) is 3.84. The first kappa shape index (κ1) is 9.55. The Morgan fingerprint density at radius 1 is 1.64 bits per heavy atom. The molecule has 3 nitrogen and oxygen atoms in total. The molecule has 2 heterocycles. The van der Waals surface area contributed by atoms with Gasteiger partial charge in [-0.2, -0.15) is 4.39 Å². The van der Waals surface area contributed by atoms with Crippen LogP contribution in [-0.4, -0.2) is 24.2 Å². The zero-order valence-electron chi connectivity index (χ0n) is 7.87. The second-order valence-corrected chi connectivity index (χ2v) is 3.39. The minimum atomic E-state index is -0.390. The predicted octanol–water partition coefficient (Wildman–Crippen LogP) is 1.10. The third-order valence-corrected chi connectivity index (χ3v) is 2.35. The lowest BCUT2D eigenvalue weighted by molar-refractivity contribution is 0.189. The number of hydrogen-bond donors (Lipinski definition) is 1. The van der Waals surface area contributed by atoms with Gasteiger partial charge in [-0.25, -0.2) is 4.98 Å². The van der Waals surface area contributed by atoms with Crippen molar-refractivity contribution in [2.24, 2.45) is 0 Å². The lowest BCUT2D eigenvalue weighted by Crippen LogP contribution is -2.28. The summed E-state index contributed by atoms with van der Waals surface area (Å²) in [5, 5.41) is 3.23. The van der Waals surface area contributed by atoms with Gasteiger partial charge in [0, 0.05) is 31.0 Å². The molecule has 0 aliphatic carbocycles. The van der Waals surface area contributed by atoms with Crippen molar-refractivity contribution < 1.29 is 9.13 Å². The van der Waals surface area contributed by atoms with Crippen LogP contribution in [0.3, 0.4) is 0 Å². The van der Waals surface area contributed by atoms with Crippen molar-refractivity contribution in [1.29, 1.82) is 0 Å². The highest BCUT2D eigenvalue weighted by molar-refractivity contribution is 5.10. The number of rotatable bonds is 3. The van der Waals surface area contributed by atoms with Crippen molar-refractivity contribution in [2.45, 2.75) is 19.0 Å². The van der Waals surface area contributed by atoms with Crippen LogP contribution in [0.2, 0.25) is 0 Å². The van der Waals surface area contributed by atoms with E-state index in [0.717, 1.165) is 19.6 Å². The van der Waals surface area contributed by atoms with E-state index in [9.17, 15) is 4.39 Å². The predicted molar refractivity (Wildman–Crippen MR) is 50.3 cm³/mol. The highest BCUT2D eigenvalue weighted by Gasteiger charge is 2.15. The number of aromatic nitrogens is 1. The lowest BCUT2D eigenvalue weighted by Gasteiger charge is -2.10. The first-order valence-electron chi connectivity index (χ1n) is 4.77. The summed E-state index contributed by atoms with van der Waals surface area (Å²) in [5.41, 5.74) is 0.611. The summed E-state index contributed by atoms with van der Waals surface area (Å²) in [5.74, 6) is -0.390. The van der Waals surface area contributed by atoms with E-state index in [0.29, 0.717) is 18.2 Å². The lowest BCUT2D eigenvalue weighted by atomic mass is 10.2. The van der Waals surface area contributed by atoms with Gasteiger partial charge >= 0.3 is 0 Å². The van der Waals surface area contributed by atoms with E-state index in [2.05, 4.69) is 10.3 Å². The highest BCUT2D eigenvalue weighted by atomic mass is 19.1. The Morgan fingerprint density at radius 3 is 3.29 bits per heavy atom. The Labute approximate surface area is 82.3 Å². The smallest absolute Gasteiger partial charge is 0.217 e. The number of nitrogens with zero attached hydrogens (tertiary/aromatic N) is 1. The van der Waals surface area contributed by atoms with Crippen molar-refractivity contribution in [3.63, 3.8) is 0 Å². The van der Waals surface area contributed by atoms with Gasteiger partial charge in [0.1, 0.15) is 0 Å². The van der Waals surface area contributed by atoms with Crippen molar-refractivity contribution in [2.75, 3.05) is 13.2 Å². The molecule has 76 valence electrons. The average molecular weight is 196 g/mol. The summed E-state index contributed by atoms with van der Waals surface area (Å²) in [6.45, 7) is 2.04. The Hall–Kier alpha value is -1.00. The van der Waals surface area contributed by atoms with Crippen LogP contribution in [0.15, 0.2) is 18.3 Å². The molecule has 1 aromatic rings. The van der Waals surface area contributed by atoms with Crippen molar-refractivity contribution in [3.8, 4) is 0 Å². The molecule has 0 amide bonds. The third kappa shape index (κ3) is 2.27. The number of pyridine rings is 1. The minimum absolute atomic E-state index is 0.356. The normalized spacial score (nSPS) is 21.4. The Morgan fingerprint density at radius 2 is 2.57 bits per heavy atom. The Balaban J connectivity index is 1.88. The molecule has 1 unspecified atom stereocenters. The molecule has 1 atom stereocenters. The molecule has 4 heteroatoms. The fraction of sp³-hybridized carbons (Fsp3) is 0.500. The fourth-order valence-corrected chi connectivity index (χ4v) is 1.50. The highest BCUT2D eigenvalue weighted by Crippen LogP contribution is 2.07. The standard InChI is InChI=1S/C10H13FN2O/c11-10-8(2-1-4-12-10)6-13-9-3-5-14-7-9/h1-2,4,9,13H,3,5-7H2. The molecule has 1 saturated heterocycles. The van der Waals surface area contributed by atoms with E-state index in [1.165, 1.54) is 6.20 Å². The first-order chi connectivity index (χ1) is 6.86. The largest absolute Gasteiger partial charge is 0.380 e. The molecule has 0 bridgehead atoms. The van der Waals surface area contributed by atoms with E-state index in [1.54, 1.807) is 12.1 Å². The first-order valence-corrected chi connectivity index (χ1v) is 4.77. The van der Waals surface area contributed by atoms with Gasteiger partial charge in [0.2, 0.25) is 5.95 Å². The molecular weight excluding hydrogens is 183 g/mol. The topological polar surface area (TPSA) is 34.2 Å². The van der Waals surface area contributed by atoms with Crippen molar-refractivity contribution in [1.82, 2.24) is 10.3 Å². The molecule has 1 aliphatic heterocycles. The van der Waals surface area contributed by atoms with Gasteiger partial charge in [0.15, 0.2) is 0 Å². The van der Waals surface area contributed by atoms with Crippen molar-refractivity contribution >= 4 is 0 Å². The van der Waals surface area contributed by atoms with Crippen LogP contribution in [0.5, 0.6) is 0 Å². The van der Waals surface area contributed by atoms with E-state index < -0.39 is 0 Å². The van der Waals surface area contributed by atoms with Crippen LogP contribution in [0, 0.1) is 5.95 Å². The molecule has 0 radical (unpaired) electrons. The van der Waals surface area contributed by atoms with E-state index in [1.807, 2.05) is 0 Å². The molecular formula is C10H13FN2O. The molecule has 14 heavy (non-hydrogen) atoms. The molecule has 0 spiro atoms. The monoisotopic (exact) mass is 196 g/mol. The number of nitrogens with one attached hydrogen (secondary N) is 1. The molecule has 2 rings (SSSR count).